The van der Waals surface area contributed by atoms with Crippen molar-refractivity contribution in [3.63, 3.8) is 0 Å². The van der Waals surface area contributed by atoms with Gasteiger partial charge in [0, 0.05) is 30.3 Å². The van der Waals surface area contributed by atoms with Crippen LogP contribution < -0.4 is 5.73 Å². The van der Waals surface area contributed by atoms with Crippen molar-refractivity contribution in [2.75, 3.05) is 0 Å². The van der Waals surface area contributed by atoms with Crippen molar-refractivity contribution >= 4 is 40.6 Å². The second kappa shape index (κ2) is 6.16. The molecule has 114 valence electrons. The first-order chi connectivity index (χ1) is 9.52. The van der Waals surface area contributed by atoms with Gasteiger partial charge in [-0.05, 0) is 46.7 Å². The molecule has 0 radical (unpaired) electrons. The van der Waals surface area contributed by atoms with Crippen LogP contribution in [-0.4, -0.2) is 9.55 Å². The number of hydrogen-bond donors (Lipinski definition) is 2. The number of halogens is 4. The van der Waals surface area contributed by atoms with E-state index in [0.29, 0.717) is 24.3 Å². The molecule has 21 heavy (non-hydrogen) atoms. The molecule has 1 aromatic heterocycles. The fourth-order valence-corrected chi connectivity index (χ4v) is 3.43. The van der Waals surface area contributed by atoms with Crippen LogP contribution in [0.25, 0.3) is 0 Å². The smallest absolute Gasteiger partial charge is 0.177 e. The molecule has 3 rings (SSSR count). The second-order valence-corrected chi connectivity index (χ2v) is 6.07. The quantitative estimate of drug-likeness (QED) is 0.599. The highest BCUT2D eigenvalue weighted by atomic mass is 79.9. The topological polar surface area (TPSA) is 46.7 Å². The Morgan fingerprint density at radius 1 is 1.43 bits per heavy atom. The van der Waals surface area contributed by atoms with E-state index in [0.717, 1.165) is 11.4 Å². The van der Waals surface area contributed by atoms with Crippen molar-refractivity contribution in [2.45, 2.75) is 25.4 Å². The maximum Gasteiger partial charge on any atom is 0.177 e. The van der Waals surface area contributed by atoms with Gasteiger partial charge in [0.25, 0.3) is 0 Å². The molecule has 1 unspecified atom stereocenters. The zero-order valence-corrected chi connectivity index (χ0v) is 14.0. The first-order valence-electron chi connectivity index (χ1n) is 6.17. The van der Waals surface area contributed by atoms with Gasteiger partial charge >= 0.3 is 0 Å². The van der Waals surface area contributed by atoms with Gasteiger partial charge in [0.2, 0.25) is 0 Å². The second-order valence-electron chi connectivity index (χ2n) is 4.83. The predicted molar refractivity (Wildman–Crippen MR) is 85.3 cm³/mol. The summed E-state index contributed by atoms with van der Waals surface area (Å²) < 4.78 is 30.8. The number of fused-ring (bicyclic) bond motifs is 1. The molecule has 0 fully saturated rings. The van der Waals surface area contributed by atoms with Crippen LogP contribution in [0.2, 0.25) is 0 Å². The van der Waals surface area contributed by atoms with E-state index in [4.69, 9.17) is 18.0 Å². The van der Waals surface area contributed by atoms with Crippen LogP contribution in [0, 0.1) is 16.4 Å². The van der Waals surface area contributed by atoms with Crippen LogP contribution >= 0.6 is 40.6 Å². The molecule has 0 aliphatic carbocycles. The number of nitrogens with one attached hydrogen (secondary N) is 1. The lowest BCUT2D eigenvalue weighted by atomic mass is 9.95. The molecule has 0 saturated heterocycles. The molecule has 3 nitrogen and oxygen atoms in total. The minimum Gasteiger partial charge on any atom is -0.333 e. The lowest BCUT2D eigenvalue weighted by Gasteiger charge is -2.13. The van der Waals surface area contributed by atoms with Crippen LogP contribution in [0.1, 0.15) is 22.9 Å². The third-order valence-corrected chi connectivity index (χ3v) is 4.65. The molecule has 0 bridgehead atoms. The fourth-order valence-electron chi connectivity index (χ4n) is 2.78. The number of nitrogens with two attached hydrogens (primary N) is 1. The monoisotopic (exact) mass is 395 g/mol. The maximum absolute atomic E-state index is 14.2. The number of aromatic nitrogens is 2. The highest BCUT2D eigenvalue weighted by Crippen LogP contribution is 2.36. The zero-order chi connectivity index (χ0) is 14.4. The summed E-state index contributed by atoms with van der Waals surface area (Å²) >= 11 is 8.32. The Kier molecular flexibility index (Phi) is 4.87. The van der Waals surface area contributed by atoms with E-state index in [1.165, 1.54) is 12.1 Å². The van der Waals surface area contributed by atoms with Gasteiger partial charge in [-0.25, -0.2) is 8.78 Å². The standard InChI is InChI=1S/C13H12BrF2N3S.ClH/c14-7-1-2-8(15)11(12(7)16)6-3-10-9(4-17)18-13(20)19(10)5-6;/h1-2,6H,3-5,17H2,(H,18,20);1H. The molecule has 0 amide bonds. The summed E-state index contributed by atoms with van der Waals surface area (Å²) in [6.07, 6.45) is 0.532. The molecule has 1 aromatic carbocycles. The first kappa shape index (κ1) is 16.6. The molecule has 1 aliphatic rings. The van der Waals surface area contributed by atoms with Gasteiger partial charge in [-0.1, -0.05) is 0 Å². The molecular formula is C13H13BrClF2N3S. The van der Waals surface area contributed by atoms with E-state index in [1.54, 1.807) is 0 Å². The van der Waals surface area contributed by atoms with Crippen LogP contribution in [0.4, 0.5) is 8.78 Å². The van der Waals surface area contributed by atoms with Gasteiger partial charge in [-0.3, -0.25) is 0 Å². The summed E-state index contributed by atoms with van der Waals surface area (Å²) in [5.41, 5.74) is 7.56. The van der Waals surface area contributed by atoms with Crippen molar-refractivity contribution in [1.29, 1.82) is 0 Å². The van der Waals surface area contributed by atoms with Crippen LogP contribution in [-0.2, 0) is 19.5 Å². The minimum atomic E-state index is -0.537. The molecule has 1 aliphatic heterocycles. The van der Waals surface area contributed by atoms with Crippen molar-refractivity contribution in [3.05, 3.63) is 50.0 Å². The van der Waals surface area contributed by atoms with Crippen LogP contribution in [0.3, 0.4) is 0 Å². The summed E-state index contributed by atoms with van der Waals surface area (Å²) in [5.74, 6) is -1.32. The van der Waals surface area contributed by atoms with Gasteiger partial charge < -0.3 is 15.3 Å². The Morgan fingerprint density at radius 2 is 2.14 bits per heavy atom. The van der Waals surface area contributed by atoms with Gasteiger partial charge in [0.15, 0.2) is 4.77 Å². The van der Waals surface area contributed by atoms with Crippen molar-refractivity contribution in [2.24, 2.45) is 5.73 Å². The van der Waals surface area contributed by atoms with E-state index in [2.05, 4.69) is 20.9 Å². The highest BCUT2D eigenvalue weighted by Gasteiger charge is 2.31. The summed E-state index contributed by atoms with van der Waals surface area (Å²) in [5, 5.41) is 0. The number of imidazole rings is 1. The summed E-state index contributed by atoms with van der Waals surface area (Å²) in [7, 11) is 0. The van der Waals surface area contributed by atoms with Gasteiger partial charge in [-0.15, -0.1) is 12.4 Å². The van der Waals surface area contributed by atoms with E-state index in [-0.39, 0.29) is 28.4 Å². The molecule has 8 heteroatoms. The zero-order valence-electron chi connectivity index (χ0n) is 10.8. The van der Waals surface area contributed by atoms with Crippen LogP contribution in [0.15, 0.2) is 16.6 Å². The van der Waals surface area contributed by atoms with E-state index in [9.17, 15) is 8.78 Å². The maximum atomic E-state index is 14.2. The molecule has 2 aromatic rings. The number of nitrogens with zero attached hydrogens (tertiary/aromatic N) is 1. The first-order valence-corrected chi connectivity index (χ1v) is 7.37. The predicted octanol–water partition coefficient (Wildman–Crippen LogP) is 3.81. The molecule has 0 saturated carbocycles. The lowest BCUT2D eigenvalue weighted by molar-refractivity contribution is 0.509. The number of hydrogen-bond acceptors (Lipinski definition) is 2. The summed E-state index contributed by atoms with van der Waals surface area (Å²) in [6, 6.07) is 2.65. The largest absolute Gasteiger partial charge is 0.333 e. The lowest BCUT2D eigenvalue weighted by Crippen LogP contribution is -2.08. The summed E-state index contributed by atoms with van der Waals surface area (Å²) in [4.78, 5) is 3.03. The van der Waals surface area contributed by atoms with Crippen molar-refractivity contribution < 1.29 is 8.78 Å². The fraction of sp³-hybridized carbons (Fsp3) is 0.308. The normalized spacial score (nSPS) is 16.7. The Balaban J connectivity index is 0.00000161. The molecule has 3 N–H and O–H groups in total. The van der Waals surface area contributed by atoms with Crippen LogP contribution in [0.5, 0.6) is 0 Å². The SMILES string of the molecule is Cl.NCc1[nH]c(=S)n2c1CC(c1c(F)ccc(Br)c1F)C2. The Hall–Kier alpha value is -0.760. The average molecular weight is 397 g/mol. The Morgan fingerprint density at radius 3 is 2.81 bits per heavy atom. The van der Waals surface area contributed by atoms with Crippen molar-refractivity contribution in [3.8, 4) is 0 Å². The molecule has 0 spiro atoms. The molecular weight excluding hydrogens is 384 g/mol. The van der Waals surface area contributed by atoms with E-state index < -0.39 is 11.6 Å². The molecule has 1 atom stereocenters. The average Bonchev–Trinajstić information content (AvgIpc) is 2.96. The van der Waals surface area contributed by atoms with Gasteiger partial charge in [-0.2, -0.15) is 0 Å². The van der Waals surface area contributed by atoms with Gasteiger partial charge in [0.05, 0.1) is 10.2 Å². The van der Waals surface area contributed by atoms with Crippen molar-refractivity contribution in [1.82, 2.24) is 9.55 Å². The Labute approximate surface area is 140 Å². The number of H-pyrrole nitrogens is 1. The third kappa shape index (κ3) is 2.67. The number of benzene rings is 1. The number of aromatic amines is 1. The number of rotatable bonds is 2. The minimum absolute atomic E-state index is 0. The van der Waals surface area contributed by atoms with E-state index >= 15 is 0 Å². The third-order valence-electron chi connectivity index (χ3n) is 3.71. The van der Waals surface area contributed by atoms with Gasteiger partial charge in [0.1, 0.15) is 11.6 Å². The summed E-state index contributed by atoms with van der Waals surface area (Å²) in [6.45, 7) is 0.803. The Bertz CT molecular complexity index is 744. The highest BCUT2D eigenvalue weighted by molar-refractivity contribution is 9.10. The molecule has 2 heterocycles. The van der Waals surface area contributed by atoms with E-state index in [1.807, 2.05) is 4.57 Å².